The Kier molecular flexibility index (Phi) is 5.34. The van der Waals surface area contributed by atoms with Crippen molar-refractivity contribution in [2.24, 2.45) is 5.92 Å². The van der Waals surface area contributed by atoms with Gasteiger partial charge in [-0.1, -0.05) is 41.9 Å². The van der Waals surface area contributed by atoms with Gasteiger partial charge in [0.05, 0.1) is 0 Å². The van der Waals surface area contributed by atoms with Crippen LogP contribution in [0.25, 0.3) is 0 Å². The van der Waals surface area contributed by atoms with E-state index in [0.717, 1.165) is 19.0 Å². The van der Waals surface area contributed by atoms with E-state index >= 15 is 0 Å². The minimum Gasteiger partial charge on any atom is -0.313 e. The Balaban J connectivity index is 2.37. The summed E-state index contributed by atoms with van der Waals surface area (Å²) in [7, 11) is 0. The van der Waals surface area contributed by atoms with Crippen molar-refractivity contribution in [2.75, 3.05) is 6.54 Å². The highest BCUT2D eigenvalue weighted by molar-refractivity contribution is 9.10. The zero-order valence-electron chi connectivity index (χ0n) is 9.81. The largest absolute Gasteiger partial charge is 0.313 e. The van der Waals surface area contributed by atoms with E-state index in [4.69, 9.17) is 0 Å². The molecule has 1 aromatic rings. The molecule has 15 heavy (non-hydrogen) atoms. The Labute approximate surface area is 101 Å². The first-order chi connectivity index (χ1) is 7.09. The molecule has 1 rings (SSSR count). The zero-order chi connectivity index (χ0) is 11.3. The van der Waals surface area contributed by atoms with Crippen LogP contribution in [0.5, 0.6) is 0 Å². The van der Waals surface area contributed by atoms with Gasteiger partial charge in [0.25, 0.3) is 0 Å². The Morgan fingerprint density at radius 3 is 2.67 bits per heavy atom. The second-order valence-electron chi connectivity index (χ2n) is 4.45. The lowest BCUT2D eigenvalue weighted by Gasteiger charge is -2.09. The highest BCUT2D eigenvalue weighted by Gasteiger charge is 1.99. The first kappa shape index (κ1) is 12.7. The standard InChI is InChI=1S/C13H20BrN/c1-10(2)6-7-15-9-12-5-4-11(3)8-13(12)14/h4-5,8,10,15H,6-7,9H2,1-3H3. The molecule has 1 N–H and O–H groups in total. The van der Waals surface area contributed by atoms with Crippen molar-refractivity contribution in [2.45, 2.75) is 33.7 Å². The monoisotopic (exact) mass is 269 g/mol. The third-order valence-corrected chi connectivity index (χ3v) is 3.16. The van der Waals surface area contributed by atoms with E-state index < -0.39 is 0 Å². The Morgan fingerprint density at radius 2 is 2.07 bits per heavy atom. The molecular weight excluding hydrogens is 250 g/mol. The predicted molar refractivity (Wildman–Crippen MR) is 70.0 cm³/mol. The van der Waals surface area contributed by atoms with Gasteiger partial charge >= 0.3 is 0 Å². The number of rotatable bonds is 5. The first-order valence-electron chi connectivity index (χ1n) is 5.55. The van der Waals surface area contributed by atoms with Crippen molar-refractivity contribution in [3.8, 4) is 0 Å². The molecule has 0 bridgehead atoms. The van der Waals surface area contributed by atoms with Crippen molar-refractivity contribution in [3.63, 3.8) is 0 Å². The predicted octanol–water partition coefficient (Wildman–Crippen LogP) is 3.89. The molecule has 0 aliphatic rings. The molecular formula is C13H20BrN. The van der Waals surface area contributed by atoms with Gasteiger partial charge in [-0.15, -0.1) is 0 Å². The fraction of sp³-hybridized carbons (Fsp3) is 0.538. The van der Waals surface area contributed by atoms with Crippen molar-refractivity contribution >= 4 is 15.9 Å². The van der Waals surface area contributed by atoms with Crippen LogP contribution in [0.3, 0.4) is 0 Å². The summed E-state index contributed by atoms with van der Waals surface area (Å²) in [6.07, 6.45) is 1.24. The Morgan fingerprint density at radius 1 is 1.33 bits per heavy atom. The summed E-state index contributed by atoms with van der Waals surface area (Å²) in [5.41, 5.74) is 2.64. The van der Waals surface area contributed by atoms with E-state index in [-0.39, 0.29) is 0 Å². The van der Waals surface area contributed by atoms with E-state index in [1.165, 1.54) is 22.0 Å². The van der Waals surface area contributed by atoms with Crippen LogP contribution >= 0.6 is 15.9 Å². The van der Waals surface area contributed by atoms with Crippen LogP contribution in [0, 0.1) is 12.8 Å². The van der Waals surface area contributed by atoms with Gasteiger partial charge in [-0.3, -0.25) is 0 Å². The summed E-state index contributed by atoms with van der Waals surface area (Å²) in [6.45, 7) is 8.67. The van der Waals surface area contributed by atoms with Gasteiger partial charge < -0.3 is 5.32 Å². The lowest BCUT2D eigenvalue weighted by atomic mass is 10.1. The molecule has 0 fully saturated rings. The number of hydrogen-bond acceptors (Lipinski definition) is 1. The van der Waals surface area contributed by atoms with Crippen LogP contribution < -0.4 is 5.32 Å². The van der Waals surface area contributed by atoms with E-state index in [2.05, 4.69) is 60.2 Å². The van der Waals surface area contributed by atoms with Crippen molar-refractivity contribution < 1.29 is 0 Å². The Hall–Kier alpha value is -0.340. The van der Waals surface area contributed by atoms with Crippen molar-refractivity contribution in [1.29, 1.82) is 0 Å². The number of hydrogen-bond donors (Lipinski definition) is 1. The summed E-state index contributed by atoms with van der Waals surface area (Å²) >= 11 is 3.59. The summed E-state index contributed by atoms with van der Waals surface area (Å²) in [4.78, 5) is 0. The molecule has 0 amide bonds. The molecule has 0 saturated heterocycles. The van der Waals surface area contributed by atoms with Crippen LogP contribution in [0.2, 0.25) is 0 Å². The molecule has 0 aliphatic carbocycles. The average Bonchev–Trinajstić information content (AvgIpc) is 2.14. The van der Waals surface area contributed by atoms with Gasteiger partial charge in [0.1, 0.15) is 0 Å². The summed E-state index contributed by atoms with van der Waals surface area (Å²) in [5, 5.41) is 3.46. The van der Waals surface area contributed by atoms with Crippen LogP contribution in [0.1, 0.15) is 31.4 Å². The van der Waals surface area contributed by atoms with Gasteiger partial charge in [0, 0.05) is 11.0 Å². The molecule has 84 valence electrons. The lowest BCUT2D eigenvalue weighted by molar-refractivity contribution is 0.537. The number of nitrogens with one attached hydrogen (secondary N) is 1. The maximum atomic E-state index is 3.59. The molecule has 0 aliphatic heterocycles. The lowest BCUT2D eigenvalue weighted by Crippen LogP contribution is -2.16. The number of halogens is 1. The second-order valence-corrected chi connectivity index (χ2v) is 5.31. The number of benzene rings is 1. The molecule has 1 aromatic carbocycles. The normalized spacial score (nSPS) is 11.0. The van der Waals surface area contributed by atoms with Crippen LogP contribution in [-0.2, 0) is 6.54 Å². The zero-order valence-corrected chi connectivity index (χ0v) is 11.4. The molecule has 0 saturated carbocycles. The SMILES string of the molecule is Cc1ccc(CNCCC(C)C)c(Br)c1. The van der Waals surface area contributed by atoms with E-state index in [1.807, 2.05) is 0 Å². The second kappa shape index (κ2) is 6.29. The molecule has 0 spiro atoms. The van der Waals surface area contributed by atoms with Crippen LogP contribution in [0.15, 0.2) is 22.7 Å². The third-order valence-electron chi connectivity index (χ3n) is 2.42. The van der Waals surface area contributed by atoms with Gasteiger partial charge in [-0.2, -0.15) is 0 Å². The van der Waals surface area contributed by atoms with Gasteiger partial charge in [-0.25, -0.2) is 0 Å². The maximum absolute atomic E-state index is 3.59. The number of aryl methyl sites for hydroxylation is 1. The third kappa shape index (κ3) is 4.80. The van der Waals surface area contributed by atoms with Gasteiger partial charge in [0.2, 0.25) is 0 Å². The summed E-state index contributed by atoms with van der Waals surface area (Å²) in [6, 6.07) is 6.51. The quantitative estimate of drug-likeness (QED) is 0.800. The van der Waals surface area contributed by atoms with E-state index in [0.29, 0.717) is 0 Å². The van der Waals surface area contributed by atoms with Crippen LogP contribution in [-0.4, -0.2) is 6.54 Å². The Bertz CT molecular complexity index is 307. The van der Waals surface area contributed by atoms with Gasteiger partial charge in [0.15, 0.2) is 0 Å². The molecule has 2 heteroatoms. The van der Waals surface area contributed by atoms with Crippen molar-refractivity contribution in [3.05, 3.63) is 33.8 Å². The van der Waals surface area contributed by atoms with Gasteiger partial charge in [-0.05, 0) is 43.0 Å². The smallest absolute Gasteiger partial charge is 0.0222 e. The minimum absolute atomic E-state index is 0.777. The average molecular weight is 270 g/mol. The maximum Gasteiger partial charge on any atom is 0.0222 e. The van der Waals surface area contributed by atoms with E-state index in [1.54, 1.807) is 0 Å². The van der Waals surface area contributed by atoms with Crippen molar-refractivity contribution in [1.82, 2.24) is 5.32 Å². The molecule has 0 unspecified atom stereocenters. The van der Waals surface area contributed by atoms with E-state index in [9.17, 15) is 0 Å². The fourth-order valence-electron chi connectivity index (χ4n) is 1.41. The highest BCUT2D eigenvalue weighted by atomic mass is 79.9. The minimum atomic E-state index is 0.777. The fourth-order valence-corrected chi connectivity index (χ4v) is 2.04. The molecule has 0 heterocycles. The molecule has 0 radical (unpaired) electrons. The first-order valence-corrected chi connectivity index (χ1v) is 6.34. The van der Waals surface area contributed by atoms with Crippen LogP contribution in [0.4, 0.5) is 0 Å². The summed E-state index contributed by atoms with van der Waals surface area (Å²) in [5.74, 6) is 0.777. The molecule has 0 atom stereocenters. The summed E-state index contributed by atoms with van der Waals surface area (Å²) < 4.78 is 1.21. The molecule has 0 aromatic heterocycles. The highest BCUT2D eigenvalue weighted by Crippen LogP contribution is 2.17. The topological polar surface area (TPSA) is 12.0 Å². The molecule has 1 nitrogen and oxygen atoms in total.